The summed E-state index contributed by atoms with van der Waals surface area (Å²) in [5.74, 6) is 0.398. The number of phenolic OH excluding ortho intramolecular Hbond substituents is 1. The van der Waals surface area contributed by atoms with Gasteiger partial charge in [0.05, 0.1) is 45.7 Å². The normalized spacial score (nSPS) is 19.9. The molecule has 8 rings (SSSR count). The highest BCUT2D eigenvalue weighted by atomic mass is 32.1. The number of thiazole rings is 1. The van der Waals surface area contributed by atoms with Gasteiger partial charge >= 0.3 is 0 Å². The Bertz CT molecular complexity index is 2470. The first kappa shape index (κ1) is 46.2. The average molecular weight is 922 g/mol. The van der Waals surface area contributed by atoms with Gasteiger partial charge in [-0.05, 0) is 72.4 Å². The molecule has 65 heavy (non-hydrogen) atoms. The van der Waals surface area contributed by atoms with E-state index in [2.05, 4.69) is 86.8 Å². The highest BCUT2D eigenvalue weighted by Crippen LogP contribution is 2.41. The van der Waals surface area contributed by atoms with Crippen LogP contribution in [0.2, 0.25) is 18.1 Å². The van der Waals surface area contributed by atoms with E-state index in [1.807, 2.05) is 63.5 Å². The zero-order chi connectivity index (χ0) is 46.2. The molecule has 5 atom stereocenters. The van der Waals surface area contributed by atoms with Crippen LogP contribution in [0.5, 0.6) is 11.6 Å². The van der Waals surface area contributed by atoms with Crippen LogP contribution < -0.4 is 20.3 Å². The van der Waals surface area contributed by atoms with E-state index in [1.54, 1.807) is 34.4 Å². The van der Waals surface area contributed by atoms with Gasteiger partial charge in [0.2, 0.25) is 11.8 Å². The lowest BCUT2D eigenvalue weighted by atomic mass is 9.91. The molecule has 2 fully saturated rings. The van der Waals surface area contributed by atoms with Crippen LogP contribution >= 0.6 is 11.3 Å². The van der Waals surface area contributed by atoms with Crippen LogP contribution in [0, 0.1) is 12.8 Å². The summed E-state index contributed by atoms with van der Waals surface area (Å²) in [6.07, 6.45) is 0.117. The molecular formula is C48H63N9O6SSi. The summed E-state index contributed by atoms with van der Waals surface area (Å²) in [5.41, 5.74) is 7.16. The van der Waals surface area contributed by atoms with Crippen molar-refractivity contribution in [2.45, 2.75) is 103 Å². The first-order chi connectivity index (χ1) is 31.0. The number of hydrogen-bond donors (Lipinski definition) is 3. The van der Waals surface area contributed by atoms with E-state index in [9.17, 15) is 14.7 Å². The van der Waals surface area contributed by atoms with Gasteiger partial charge in [-0.25, -0.2) is 4.98 Å². The molecule has 5 aromatic rings. The Morgan fingerprint density at radius 3 is 2.52 bits per heavy atom. The first-order valence-corrected chi connectivity index (χ1v) is 26.5. The third kappa shape index (κ3) is 9.93. The van der Waals surface area contributed by atoms with Crippen LogP contribution in [0.15, 0.2) is 70.7 Å². The zero-order valence-electron chi connectivity index (χ0n) is 39.0. The molecule has 2 unspecified atom stereocenters. The minimum absolute atomic E-state index is 0.0416. The number of piperazine rings is 1. The number of ether oxygens (including phenoxy) is 1. The SMILES string of the molecule is Cc1ncsc1-c1ccc([C@H](C)NC(=O)[C@@H]2CC(O[Si](C)(C)C(C)(C)C)CN2C(=O)[C@@H](c2cc(OCCN3CCN4c5cc(-c6ccccc6O)nnc5NCC4C3)no2)C(C)C)cc1. The maximum atomic E-state index is 14.8. The second kappa shape index (κ2) is 18.9. The van der Waals surface area contributed by atoms with Gasteiger partial charge in [0.1, 0.15) is 24.3 Å². The lowest BCUT2D eigenvalue weighted by molar-refractivity contribution is -0.141. The van der Waals surface area contributed by atoms with Crippen molar-refractivity contribution in [1.29, 1.82) is 0 Å². The molecule has 2 saturated heterocycles. The number of fused-ring (bicyclic) bond motifs is 3. The monoisotopic (exact) mass is 921 g/mol. The van der Waals surface area contributed by atoms with Gasteiger partial charge in [0, 0.05) is 57.3 Å². The summed E-state index contributed by atoms with van der Waals surface area (Å²) in [4.78, 5) is 41.1. The number of nitrogens with one attached hydrogen (secondary N) is 2. The molecule has 2 aromatic carbocycles. The number of carbonyl (C=O) groups excluding carboxylic acids is 2. The minimum Gasteiger partial charge on any atom is -0.507 e. The fourth-order valence-electron chi connectivity index (χ4n) is 8.92. The van der Waals surface area contributed by atoms with Crippen molar-refractivity contribution in [3.8, 4) is 33.3 Å². The maximum Gasteiger partial charge on any atom is 0.254 e. The molecule has 0 radical (unpaired) electrons. The number of aromatic hydroxyl groups is 1. The van der Waals surface area contributed by atoms with Gasteiger partial charge in [-0.2, -0.15) is 0 Å². The van der Waals surface area contributed by atoms with Crippen LogP contribution in [0.25, 0.3) is 21.7 Å². The van der Waals surface area contributed by atoms with E-state index < -0.39 is 20.3 Å². The topological polar surface area (TPSA) is 171 Å². The number of rotatable bonds is 14. The van der Waals surface area contributed by atoms with Gasteiger partial charge in [0.25, 0.3) is 5.88 Å². The third-order valence-electron chi connectivity index (χ3n) is 13.6. The standard InChI is InChI=1S/C48H63N9O6SSi/c1-29(2)43(41-24-42(54-62-41)61-21-20-55-18-19-56-34(26-55)25-49-45-38(56)23-37(52-53-45)36-12-10-11-13-40(36)58)47(60)57-27-35(63-65(8,9)48(5,6)7)22-39(57)46(59)51-30(3)32-14-16-33(17-15-32)44-31(4)50-28-64-44/h10-17,23-24,28-30,34-35,39,43,58H,18-22,25-27H2,1-9H3,(H,49,53)(H,51,59)/t30-,34?,35?,39-,43+/m0/s1. The maximum absolute atomic E-state index is 14.8. The molecule has 0 spiro atoms. The number of nitrogens with zero attached hydrogens (tertiary/aromatic N) is 7. The number of para-hydroxylation sites is 1. The van der Waals surface area contributed by atoms with E-state index in [1.165, 1.54) is 0 Å². The molecule has 3 N–H and O–H groups in total. The third-order valence-corrected chi connectivity index (χ3v) is 19.1. The number of amides is 2. The van der Waals surface area contributed by atoms with Gasteiger partial charge < -0.3 is 39.2 Å². The second-order valence-corrected chi connectivity index (χ2v) is 25.1. The molecule has 0 bridgehead atoms. The molecule has 3 aliphatic rings. The first-order valence-electron chi connectivity index (χ1n) is 22.7. The predicted molar refractivity (Wildman–Crippen MR) is 256 cm³/mol. The zero-order valence-corrected chi connectivity index (χ0v) is 40.8. The summed E-state index contributed by atoms with van der Waals surface area (Å²) in [6.45, 7) is 23.5. The number of anilines is 2. The van der Waals surface area contributed by atoms with Crippen molar-refractivity contribution in [2.75, 3.05) is 56.1 Å². The van der Waals surface area contributed by atoms with E-state index in [-0.39, 0.29) is 46.7 Å². The van der Waals surface area contributed by atoms with Crippen LogP contribution in [0.3, 0.4) is 0 Å². The molecule has 6 heterocycles. The van der Waals surface area contributed by atoms with Gasteiger partial charge in [-0.15, -0.1) is 21.5 Å². The Morgan fingerprint density at radius 1 is 1.05 bits per heavy atom. The van der Waals surface area contributed by atoms with E-state index >= 15 is 0 Å². The highest BCUT2D eigenvalue weighted by Gasteiger charge is 2.48. The number of aromatic nitrogens is 4. The summed E-state index contributed by atoms with van der Waals surface area (Å²) >= 11 is 1.61. The molecule has 0 saturated carbocycles. The van der Waals surface area contributed by atoms with E-state index in [0.717, 1.165) is 59.4 Å². The Hall–Kier alpha value is -5.36. The summed E-state index contributed by atoms with van der Waals surface area (Å²) in [5, 5.41) is 30.1. The Kier molecular flexibility index (Phi) is 13.4. The fourth-order valence-corrected chi connectivity index (χ4v) is 11.1. The van der Waals surface area contributed by atoms with Crippen LogP contribution in [-0.2, 0) is 14.0 Å². The number of likely N-dealkylation sites (tertiary alicyclic amines) is 1. The molecular weight excluding hydrogens is 859 g/mol. The summed E-state index contributed by atoms with van der Waals surface area (Å²) < 4.78 is 18.9. The van der Waals surface area contributed by atoms with Crippen LogP contribution in [0.1, 0.15) is 76.9 Å². The molecule has 17 heteroatoms. The van der Waals surface area contributed by atoms with Crippen molar-refractivity contribution in [1.82, 2.24) is 35.5 Å². The quantitative estimate of drug-likeness (QED) is 0.0921. The molecule has 15 nitrogen and oxygen atoms in total. The summed E-state index contributed by atoms with van der Waals surface area (Å²) in [6, 6.07) is 18.3. The molecule has 0 aliphatic carbocycles. The number of benzene rings is 2. The van der Waals surface area contributed by atoms with Crippen molar-refractivity contribution in [2.24, 2.45) is 5.92 Å². The fraction of sp³-hybridized carbons (Fsp3) is 0.500. The molecule has 3 aromatic heterocycles. The second-order valence-electron chi connectivity index (χ2n) is 19.5. The van der Waals surface area contributed by atoms with E-state index in [4.69, 9.17) is 13.7 Å². The van der Waals surface area contributed by atoms with Gasteiger partial charge in [0.15, 0.2) is 19.9 Å². The van der Waals surface area contributed by atoms with Crippen molar-refractivity contribution in [3.63, 3.8) is 0 Å². The van der Waals surface area contributed by atoms with Crippen molar-refractivity contribution >= 4 is 43.0 Å². The lowest BCUT2D eigenvalue weighted by Gasteiger charge is -2.45. The number of aryl methyl sites for hydroxylation is 1. The highest BCUT2D eigenvalue weighted by molar-refractivity contribution is 7.13. The van der Waals surface area contributed by atoms with E-state index in [0.29, 0.717) is 49.0 Å². The Morgan fingerprint density at radius 2 is 1.82 bits per heavy atom. The number of carbonyl (C=O) groups is 2. The van der Waals surface area contributed by atoms with Crippen molar-refractivity contribution < 1.29 is 28.4 Å². The lowest BCUT2D eigenvalue weighted by Crippen LogP contribution is -2.58. The minimum atomic E-state index is -2.23. The van der Waals surface area contributed by atoms with Crippen LogP contribution in [-0.4, -0.2) is 119 Å². The number of phenols is 1. The Labute approximate surface area is 387 Å². The molecule has 2 amide bonds. The Balaban J connectivity index is 0.908. The molecule has 3 aliphatic heterocycles. The van der Waals surface area contributed by atoms with Gasteiger partial charge in [-0.3, -0.25) is 14.5 Å². The van der Waals surface area contributed by atoms with Gasteiger partial charge in [-0.1, -0.05) is 71.0 Å². The van der Waals surface area contributed by atoms with Crippen molar-refractivity contribution in [3.05, 3.63) is 83.2 Å². The largest absolute Gasteiger partial charge is 0.507 e. The summed E-state index contributed by atoms with van der Waals surface area (Å²) in [7, 11) is -2.23. The predicted octanol–water partition coefficient (Wildman–Crippen LogP) is 7.87. The van der Waals surface area contributed by atoms with Crippen LogP contribution in [0.4, 0.5) is 11.5 Å². The smallest absolute Gasteiger partial charge is 0.254 e. The average Bonchev–Trinajstić information content (AvgIpc) is 4.03. The number of hydrogen-bond acceptors (Lipinski definition) is 14. The molecule has 346 valence electrons.